The van der Waals surface area contributed by atoms with Gasteiger partial charge in [0.1, 0.15) is 6.61 Å². The summed E-state index contributed by atoms with van der Waals surface area (Å²) in [6, 6.07) is 3.72. The van der Waals surface area contributed by atoms with E-state index < -0.39 is 0 Å². The Balaban J connectivity index is 1.82. The minimum absolute atomic E-state index is 0.0261. The fraction of sp³-hybridized carbons (Fsp3) is 0.706. The molecule has 2 heterocycles. The summed E-state index contributed by atoms with van der Waals surface area (Å²) in [4.78, 5) is 16.4. The lowest BCUT2D eigenvalue weighted by Gasteiger charge is -2.36. The van der Waals surface area contributed by atoms with Crippen molar-refractivity contribution in [2.24, 2.45) is 5.41 Å². The number of ether oxygens (including phenoxy) is 2. The van der Waals surface area contributed by atoms with Crippen molar-refractivity contribution in [2.45, 2.75) is 27.2 Å². The standard InChI is InChI=1S/C17H28N4O3/c1-17(2,3)13-16(22)21-9-7-20(8-10-21)14-5-6-15(19-18-14)24-12-11-23-4/h5-6H,7-13H2,1-4H3. The Labute approximate surface area is 143 Å². The second-order valence-corrected chi connectivity index (χ2v) is 7.18. The van der Waals surface area contributed by atoms with Crippen LogP contribution in [0, 0.1) is 5.41 Å². The normalized spacial score (nSPS) is 15.5. The number of hydrogen-bond donors (Lipinski definition) is 0. The van der Waals surface area contributed by atoms with Crippen LogP contribution in [0.3, 0.4) is 0 Å². The fourth-order valence-electron chi connectivity index (χ4n) is 2.54. The van der Waals surface area contributed by atoms with Crippen LogP contribution < -0.4 is 9.64 Å². The van der Waals surface area contributed by atoms with Crippen LogP contribution >= 0.6 is 0 Å². The number of nitrogens with zero attached hydrogens (tertiary/aromatic N) is 4. The summed E-state index contributed by atoms with van der Waals surface area (Å²) in [5.74, 6) is 1.54. The van der Waals surface area contributed by atoms with E-state index in [0.717, 1.165) is 32.0 Å². The Morgan fingerprint density at radius 3 is 2.38 bits per heavy atom. The number of methoxy groups -OCH3 is 1. The van der Waals surface area contributed by atoms with Crippen LogP contribution in [0.2, 0.25) is 0 Å². The van der Waals surface area contributed by atoms with E-state index in [-0.39, 0.29) is 11.3 Å². The molecule has 0 aliphatic carbocycles. The van der Waals surface area contributed by atoms with Gasteiger partial charge in [-0.05, 0) is 11.5 Å². The zero-order valence-corrected chi connectivity index (χ0v) is 15.1. The predicted molar refractivity (Wildman–Crippen MR) is 92.3 cm³/mol. The summed E-state index contributed by atoms with van der Waals surface area (Å²) >= 11 is 0. The van der Waals surface area contributed by atoms with Crippen molar-refractivity contribution in [3.8, 4) is 5.88 Å². The van der Waals surface area contributed by atoms with Crippen LogP contribution in [0.4, 0.5) is 5.82 Å². The minimum atomic E-state index is 0.0261. The van der Waals surface area contributed by atoms with E-state index in [1.54, 1.807) is 7.11 Å². The molecule has 7 nitrogen and oxygen atoms in total. The zero-order valence-electron chi connectivity index (χ0n) is 15.1. The van der Waals surface area contributed by atoms with Gasteiger partial charge in [-0.15, -0.1) is 10.2 Å². The lowest BCUT2D eigenvalue weighted by atomic mass is 9.91. The maximum Gasteiger partial charge on any atom is 0.233 e. The maximum absolute atomic E-state index is 12.3. The molecule has 1 aliphatic heterocycles. The molecule has 1 fully saturated rings. The van der Waals surface area contributed by atoms with Crippen LogP contribution in [0.15, 0.2) is 12.1 Å². The highest BCUT2D eigenvalue weighted by atomic mass is 16.5. The largest absolute Gasteiger partial charge is 0.474 e. The quantitative estimate of drug-likeness (QED) is 0.735. The number of amides is 1. The van der Waals surface area contributed by atoms with Crippen LogP contribution in [-0.4, -0.2) is 67.5 Å². The molecule has 0 radical (unpaired) electrons. The Bertz CT molecular complexity index is 520. The van der Waals surface area contributed by atoms with Crippen LogP contribution in [-0.2, 0) is 9.53 Å². The number of rotatable bonds is 6. The maximum atomic E-state index is 12.3. The number of carbonyl (C=O) groups excluding carboxylic acids is 1. The molecule has 24 heavy (non-hydrogen) atoms. The highest BCUT2D eigenvalue weighted by Gasteiger charge is 2.25. The molecule has 0 bridgehead atoms. The number of aromatic nitrogens is 2. The van der Waals surface area contributed by atoms with Gasteiger partial charge in [0.05, 0.1) is 6.61 Å². The van der Waals surface area contributed by atoms with Gasteiger partial charge in [0.15, 0.2) is 5.82 Å². The first-order chi connectivity index (χ1) is 11.4. The molecule has 0 spiro atoms. The monoisotopic (exact) mass is 336 g/mol. The van der Waals surface area contributed by atoms with Gasteiger partial charge in [0, 0.05) is 45.8 Å². The molecule has 134 valence electrons. The molecule has 0 unspecified atom stereocenters. The van der Waals surface area contributed by atoms with E-state index in [0.29, 0.717) is 25.5 Å². The third-order valence-corrected chi connectivity index (χ3v) is 3.80. The number of piperazine rings is 1. The van der Waals surface area contributed by atoms with Gasteiger partial charge < -0.3 is 19.3 Å². The van der Waals surface area contributed by atoms with Crippen molar-refractivity contribution in [1.82, 2.24) is 15.1 Å². The lowest BCUT2D eigenvalue weighted by molar-refractivity contribution is -0.133. The molecule has 0 aromatic carbocycles. The first-order valence-electron chi connectivity index (χ1n) is 8.37. The van der Waals surface area contributed by atoms with Gasteiger partial charge in [0.2, 0.25) is 11.8 Å². The van der Waals surface area contributed by atoms with E-state index in [4.69, 9.17) is 9.47 Å². The molecule has 2 rings (SSSR count). The first kappa shape index (κ1) is 18.4. The molecular weight excluding hydrogens is 308 g/mol. The van der Waals surface area contributed by atoms with Crippen LogP contribution in [0.1, 0.15) is 27.2 Å². The first-order valence-corrected chi connectivity index (χ1v) is 8.37. The molecule has 7 heteroatoms. The summed E-state index contributed by atoms with van der Waals surface area (Å²) in [5, 5.41) is 8.30. The van der Waals surface area contributed by atoms with Gasteiger partial charge in [0.25, 0.3) is 0 Å². The fourth-order valence-corrected chi connectivity index (χ4v) is 2.54. The second-order valence-electron chi connectivity index (χ2n) is 7.18. The number of anilines is 1. The summed E-state index contributed by atoms with van der Waals surface area (Å²) < 4.78 is 10.3. The SMILES string of the molecule is COCCOc1ccc(N2CCN(C(=O)CC(C)(C)C)CC2)nn1. The summed E-state index contributed by atoms with van der Waals surface area (Å²) in [5.41, 5.74) is 0.0261. The Hall–Kier alpha value is -1.89. The topological polar surface area (TPSA) is 67.8 Å². The van der Waals surface area contributed by atoms with Crippen LogP contribution in [0.5, 0.6) is 5.88 Å². The van der Waals surface area contributed by atoms with E-state index >= 15 is 0 Å². The van der Waals surface area contributed by atoms with E-state index in [9.17, 15) is 4.79 Å². The van der Waals surface area contributed by atoms with Gasteiger partial charge >= 0.3 is 0 Å². The van der Waals surface area contributed by atoms with Crippen molar-refractivity contribution in [1.29, 1.82) is 0 Å². The average molecular weight is 336 g/mol. The van der Waals surface area contributed by atoms with E-state index in [2.05, 4.69) is 35.9 Å². The van der Waals surface area contributed by atoms with Crippen molar-refractivity contribution in [3.05, 3.63) is 12.1 Å². The number of hydrogen-bond acceptors (Lipinski definition) is 6. The Morgan fingerprint density at radius 2 is 1.83 bits per heavy atom. The van der Waals surface area contributed by atoms with Crippen LogP contribution in [0.25, 0.3) is 0 Å². The Morgan fingerprint density at radius 1 is 1.12 bits per heavy atom. The van der Waals surface area contributed by atoms with Gasteiger partial charge in [-0.1, -0.05) is 20.8 Å². The summed E-state index contributed by atoms with van der Waals surface area (Å²) in [6.07, 6.45) is 0.584. The molecule has 1 saturated heterocycles. The predicted octanol–water partition coefficient (Wildman–Crippen LogP) is 1.59. The van der Waals surface area contributed by atoms with Crippen molar-refractivity contribution < 1.29 is 14.3 Å². The van der Waals surface area contributed by atoms with Gasteiger partial charge in [-0.3, -0.25) is 4.79 Å². The summed E-state index contributed by atoms with van der Waals surface area (Å²) in [6.45, 7) is 10.2. The third-order valence-electron chi connectivity index (χ3n) is 3.80. The average Bonchev–Trinajstić information content (AvgIpc) is 2.54. The van der Waals surface area contributed by atoms with Crippen molar-refractivity contribution in [2.75, 3.05) is 51.4 Å². The van der Waals surface area contributed by atoms with Crippen molar-refractivity contribution in [3.63, 3.8) is 0 Å². The molecular formula is C17H28N4O3. The van der Waals surface area contributed by atoms with E-state index in [1.807, 2.05) is 17.0 Å². The third kappa shape index (κ3) is 5.63. The minimum Gasteiger partial charge on any atom is -0.474 e. The Kier molecular flexibility index (Phi) is 6.36. The van der Waals surface area contributed by atoms with Gasteiger partial charge in [-0.2, -0.15) is 0 Å². The zero-order chi connectivity index (χ0) is 17.6. The summed E-state index contributed by atoms with van der Waals surface area (Å²) in [7, 11) is 1.63. The van der Waals surface area contributed by atoms with Gasteiger partial charge in [-0.25, -0.2) is 0 Å². The number of carbonyl (C=O) groups is 1. The molecule has 0 atom stereocenters. The molecule has 1 aliphatic rings. The molecule has 1 aromatic rings. The molecule has 0 N–H and O–H groups in total. The molecule has 1 amide bonds. The van der Waals surface area contributed by atoms with Crippen molar-refractivity contribution >= 4 is 11.7 Å². The smallest absolute Gasteiger partial charge is 0.233 e. The second kappa shape index (κ2) is 8.28. The highest BCUT2D eigenvalue weighted by Crippen LogP contribution is 2.21. The van der Waals surface area contributed by atoms with E-state index in [1.165, 1.54) is 0 Å². The lowest BCUT2D eigenvalue weighted by Crippen LogP contribution is -2.49. The molecule has 1 aromatic heterocycles. The highest BCUT2D eigenvalue weighted by molar-refractivity contribution is 5.77. The molecule has 0 saturated carbocycles.